The van der Waals surface area contributed by atoms with Crippen LogP contribution >= 0.6 is 11.6 Å². The molecule has 23 heavy (non-hydrogen) atoms. The monoisotopic (exact) mass is 335 g/mol. The van der Waals surface area contributed by atoms with Gasteiger partial charge in [0, 0.05) is 35.8 Å². The van der Waals surface area contributed by atoms with Crippen molar-refractivity contribution in [3.8, 4) is 0 Å². The number of rotatable bonds is 5. The molecule has 1 saturated heterocycles. The van der Waals surface area contributed by atoms with E-state index in [1.54, 1.807) is 18.2 Å². The van der Waals surface area contributed by atoms with E-state index in [1.807, 2.05) is 6.07 Å². The number of nitrogens with zero attached hydrogens (tertiary/aromatic N) is 1. The van der Waals surface area contributed by atoms with Gasteiger partial charge >= 0.3 is 0 Å². The van der Waals surface area contributed by atoms with Crippen LogP contribution in [0.2, 0.25) is 0 Å². The highest BCUT2D eigenvalue weighted by molar-refractivity contribution is 6.29. The van der Waals surface area contributed by atoms with Crippen molar-refractivity contribution in [3.63, 3.8) is 0 Å². The van der Waals surface area contributed by atoms with E-state index in [4.69, 9.17) is 11.6 Å². The van der Waals surface area contributed by atoms with Crippen molar-refractivity contribution in [3.05, 3.63) is 35.9 Å². The molecule has 0 spiro atoms. The van der Waals surface area contributed by atoms with Gasteiger partial charge in [0.15, 0.2) is 0 Å². The number of piperidine rings is 1. The third-order valence-electron chi connectivity index (χ3n) is 3.80. The quantitative estimate of drug-likeness (QED) is 0.869. The summed E-state index contributed by atoms with van der Waals surface area (Å²) in [5, 5.41) is 6.26. The average molecular weight is 336 g/mol. The summed E-state index contributed by atoms with van der Waals surface area (Å²) in [6.07, 6.45) is 1.61. The number of carbonyl (C=O) groups excluding carboxylic acids is 2. The van der Waals surface area contributed by atoms with E-state index in [0.717, 1.165) is 25.9 Å². The minimum atomic E-state index is -0.137. The lowest BCUT2D eigenvalue weighted by Gasteiger charge is -2.30. The first kappa shape index (κ1) is 17.5. The van der Waals surface area contributed by atoms with Crippen molar-refractivity contribution in [1.82, 2.24) is 4.90 Å². The number of likely N-dealkylation sites (tertiary alicyclic amines) is 1. The average Bonchev–Trinajstić information content (AvgIpc) is 2.47. The topological polar surface area (TPSA) is 61.4 Å². The Bertz CT molecular complexity index is 595. The highest BCUT2D eigenvalue weighted by Crippen LogP contribution is 2.21. The standard InChI is InChI=1S/C17H22ClN3O2/c1-12(18)11-21-8-6-14(7-9-21)17(23)20-16-5-3-4-15(10-16)19-13(2)22/h3-5,10,14H,1,6-9,11H2,2H3,(H,19,22)(H,20,23). The van der Waals surface area contributed by atoms with E-state index in [2.05, 4.69) is 22.1 Å². The molecular weight excluding hydrogens is 314 g/mol. The summed E-state index contributed by atoms with van der Waals surface area (Å²) in [4.78, 5) is 25.7. The molecule has 0 aliphatic carbocycles. The van der Waals surface area contributed by atoms with Crippen LogP contribution in [0.15, 0.2) is 35.9 Å². The minimum absolute atomic E-state index is 0.000682. The Morgan fingerprint density at radius 1 is 1.26 bits per heavy atom. The van der Waals surface area contributed by atoms with E-state index in [9.17, 15) is 9.59 Å². The molecule has 1 aromatic carbocycles. The van der Waals surface area contributed by atoms with Gasteiger partial charge in [-0.2, -0.15) is 0 Å². The Balaban J connectivity index is 1.88. The van der Waals surface area contributed by atoms with Crippen molar-refractivity contribution < 1.29 is 9.59 Å². The summed E-state index contributed by atoms with van der Waals surface area (Å²) in [5.41, 5.74) is 1.36. The predicted molar refractivity (Wildman–Crippen MR) is 93.5 cm³/mol. The molecule has 0 radical (unpaired) electrons. The Hall–Kier alpha value is -1.85. The van der Waals surface area contributed by atoms with Crippen molar-refractivity contribution >= 4 is 34.8 Å². The van der Waals surface area contributed by atoms with Crippen molar-refractivity contribution in [2.75, 3.05) is 30.3 Å². The maximum Gasteiger partial charge on any atom is 0.227 e. The molecule has 1 fully saturated rings. The third-order valence-corrected chi connectivity index (χ3v) is 3.92. The smallest absolute Gasteiger partial charge is 0.227 e. The largest absolute Gasteiger partial charge is 0.326 e. The first-order valence-corrected chi connectivity index (χ1v) is 8.06. The first-order chi connectivity index (χ1) is 10.9. The normalized spacial score (nSPS) is 15.9. The van der Waals surface area contributed by atoms with E-state index in [1.165, 1.54) is 6.92 Å². The molecule has 6 heteroatoms. The van der Waals surface area contributed by atoms with Gasteiger partial charge in [-0.1, -0.05) is 24.2 Å². The van der Waals surface area contributed by atoms with E-state index in [0.29, 0.717) is 23.0 Å². The van der Waals surface area contributed by atoms with Crippen LogP contribution in [0, 0.1) is 5.92 Å². The zero-order valence-electron chi connectivity index (χ0n) is 13.3. The Labute approximate surface area is 141 Å². The van der Waals surface area contributed by atoms with Crippen molar-refractivity contribution in [2.45, 2.75) is 19.8 Å². The second-order valence-electron chi connectivity index (χ2n) is 5.82. The number of amides is 2. The maximum absolute atomic E-state index is 12.4. The van der Waals surface area contributed by atoms with Crippen LogP contribution in [0.3, 0.4) is 0 Å². The molecule has 0 bridgehead atoms. The molecule has 0 aromatic heterocycles. The predicted octanol–water partition coefficient (Wildman–Crippen LogP) is 3.05. The number of halogens is 1. The molecule has 1 aliphatic rings. The molecular formula is C17H22ClN3O2. The summed E-state index contributed by atoms with van der Waals surface area (Å²) >= 11 is 5.82. The van der Waals surface area contributed by atoms with Crippen LogP contribution in [0.25, 0.3) is 0 Å². The molecule has 2 amide bonds. The van der Waals surface area contributed by atoms with Crippen LogP contribution in [0.5, 0.6) is 0 Å². The van der Waals surface area contributed by atoms with E-state index >= 15 is 0 Å². The van der Waals surface area contributed by atoms with E-state index < -0.39 is 0 Å². The molecule has 0 atom stereocenters. The lowest BCUT2D eigenvalue weighted by Crippen LogP contribution is -2.38. The highest BCUT2D eigenvalue weighted by atomic mass is 35.5. The molecule has 2 N–H and O–H groups in total. The zero-order chi connectivity index (χ0) is 16.8. The molecule has 1 aliphatic heterocycles. The van der Waals surface area contributed by atoms with Crippen LogP contribution in [-0.2, 0) is 9.59 Å². The fourth-order valence-corrected chi connectivity index (χ4v) is 2.89. The molecule has 2 rings (SSSR count). The van der Waals surface area contributed by atoms with Gasteiger partial charge in [-0.05, 0) is 44.1 Å². The molecule has 5 nitrogen and oxygen atoms in total. The zero-order valence-corrected chi connectivity index (χ0v) is 14.0. The number of carbonyl (C=O) groups is 2. The fraction of sp³-hybridized carbons (Fsp3) is 0.412. The Morgan fingerprint density at radius 2 is 1.87 bits per heavy atom. The lowest BCUT2D eigenvalue weighted by molar-refractivity contribution is -0.121. The molecule has 124 valence electrons. The van der Waals surface area contributed by atoms with Gasteiger partial charge in [0.25, 0.3) is 0 Å². The highest BCUT2D eigenvalue weighted by Gasteiger charge is 2.25. The molecule has 0 unspecified atom stereocenters. The second-order valence-corrected chi connectivity index (χ2v) is 6.35. The molecule has 1 heterocycles. The third kappa shape index (κ3) is 5.69. The number of nitrogens with one attached hydrogen (secondary N) is 2. The maximum atomic E-state index is 12.4. The van der Waals surface area contributed by atoms with Crippen molar-refractivity contribution in [2.24, 2.45) is 5.92 Å². The van der Waals surface area contributed by atoms with Crippen LogP contribution < -0.4 is 10.6 Å². The summed E-state index contributed by atoms with van der Waals surface area (Å²) in [6.45, 7) is 7.52. The van der Waals surface area contributed by atoms with Gasteiger partial charge in [0.05, 0.1) is 0 Å². The molecule has 1 aromatic rings. The van der Waals surface area contributed by atoms with Gasteiger partial charge < -0.3 is 10.6 Å². The number of hydrogen-bond donors (Lipinski definition) is 2. The van der Waals surface area contributed by atoms with Gasteiger partial charge in [-0.3, -0.25) is 14.5 Å². The van der Waals surface area contributed by atoms with Gasteiger partial charge in [-0.15, -0.1) is 0 Å². The van der Waals surface area contributed by atoms with Gasteiger partial charge in [0.1, 0.15) is 0 Å². The SMILES string of the molecule is C=C(Cl)CN1CCC(C(=O)Nc2cccc(NC(C)=O)c2)CC1. The lowest BCUT2D eigenvalue weighted by atomic mass is 9.96. The van der Waals surface area contributed by atoms with E-state index in [-0.39, 0.29) is 17.7 Å². The summed E-state index contributed by atoms with van der Waals surface area (Å²) in [5.74, 6) is -0.115. The summed E-state index contributed by atoms with van der Waals surface area (Å²) < 4.78 is 0. The van der Waals surface area contributed by atoms with Gasteiger partial charge in [0.2, 0.25) is 11.8 Å². The molecule has 0 saturated carbocycles. The van der Waals surface area contributed by atoms with Crippen LogP contribution in [-0.4, -0.2) is 36.3 Å². The number of hydrogen-bond acceptors (Lipinski definition) is 3. The fourth-order valence-electron chi connectivity index (χ4n) is 2.72. The number of benzene rings is 1. The van der Waals surface area contributed by atoms with Crippen LogP contribution in [0.4, 0.5) is 11.4 Å². The Kier molecular flexibility index (Phi) is 6.19. The second kappa shape index (κ2) is 8.13. The number of anilines is 2. The summed E-state index contributed by atoms with van der Waals surface area (Å²) in [7, 11) is 0. The summed E-state index contributed by atoms with van der Waals surface area (Å²) in [6, 6.07) is 7.16. The minimum Gasteiger partial charge on any atom is -0.326 e. The Morgan fingerprint density at radius 3 is 2.43 bits per heavy atom. The first-order valence-electron chi connectivity index (χ1n) is 7.68. The van der Waals surface area contributed by atoms with Gasteiger partial charge in [-0.25, -0.2) is 0 Å². The van der Waals surface area contributed by atoms with Crippen molar-refractivity contribution in [1.29, 1.82) is 0 Å². The van der Waals surface area contributed by atoms with Crippen LogP contribution in [0.1, 0.15) is 19.8 Å².